The molecule has 0 bridgehead atoms. The van der Waals surface area contributed by atoms with Crippen LogP contribution in [-0.4, -0.2) is 40.0 Å². The minimum Gasteiger partial charge on any atom is -0.508 e. The average Bonchev–Trinajstić information content (AvgIpc) is 2.75. The molecule has 0 saturated heterocycles. The first-order valence-corrected chi connectivity index (χ1v) is 10.7. The second kappa shape index (κ2) is 8.55. The molecule has 1 aliphatic rings. The van der Waals surface area contributed by atoms with Crippen molar-refractivity contribution in [1.82, 2.24) is 9.55 Å². The maximum absolute atomic E-state index is 13.5. The zero-order valence-electron chi connectivity index (χ0n) is 18.1. The van der Waals surface area contributed by atoms with Crippen molar-refractivity contribution in [2.75, 3.05) is 19.0 Å². The number of aromatic nitrogens is 2. The SMILES string of the molecule is C=Cc1c(Cc2ccc(O)cc2)cc2c(=O)n([C@H]3CCCC[C@@H]3O)cnc2c1N(C)C. The molecule has 2 aromatic carbocycles. The number of hydrogen-bond acceptors (Lipinski definition) is 5. The third-order valence-corrected chi connectivity index (χ3v) is 6.21. The van der Waals surface area contributed by atoms with Crippen LogP contribution in [0.25, 0.3) is 17.0 Å². The summed E-state index contributed by atoms with van der Waals surface area (Å²) < 4.78 is 1.61. The van der Waals surface area contributed by atoms with Gasteiger partial charge in [-0.05, 0) is 48.6 Å². The van der Waals surface area contributed by atoms with Crippen LogP contribution in [0, 0.1) is 0 Å². The third kappa shape index (κ3) is 3.95. The molecule has 0 radical (unpaired) electrons. The molecule has 1 aromatic heterocycles. The van der Waals surface area contributed by atoms with Crippen molar-refractivity contribution in [1.29, 1.82) is 0 Å². The maximum Gasteiger partial charge on any atom is 0.261 e. The van der Waals surface area contributed by atoms with Gasteiger partial charge in [0.2, 0.25) is 0 Å². The summed E-state index contributed by atoms with van der Waals surface area (Å²) in [7, 11) is 3.87. The predicted molar refractivity (Wildman–Crippen MR) is 125 cm³/mol. The van der Waals surface area contributed by atoms with E-state index in [9.17, 15) is 15.0 Å². The highest BCUT2D eigenvalue weighted by Gasteiger charge is 2.27. The van der Waals surface area contributed by atoms with E-state index in [1.165, 1.54) is 0 Å². The molecule has 1 fully saturated rings. The molecule has 6 heteroatoms. The molecule has 0 amide bonds. The standard InChI is InChI=1S/C25H29N3O3/c1-4-19-17(13-16-9-11-18(29)12-10-16)14-20-23(24(19)27(2)3)26-15-28(25(20)31)21-7-5-6-8-22(21)30/h4,9-12,14-15,21-22,29-30H,1,5-8,13H2,2-3H3/t21-,22-/m0/s1. The summed E-state index contributed by atoms with van der Waals surface area (Å²) in [6.07, 6.45) is 6.93. The van der Waals surface area contributed by atoms with Crippen molar-refractivity contribution in [2.45, 2.75) is 44.2 Å². The molecular formula is C25H29N3O3. The number of phenolic OH excluding ortho intramolecular Hbond substituents is 1. The highest BCUT2D eigenvalue weighted by molar-refractivity contribution is 5.96. The van der Waals surface area contributed by atoms with Crippen LogP contribution in [0.5, 0.6) is 5.75 Å². The van der Waals surface area contributed by atoms with E-state index in [0.717, 1.165) is 41.6 Å². The van der Waals surface area contributed by atoms with Gasteiger partial charge in [-0.3, -0.25) is 9.36 Å². The van der Waals surface area contributed by atoms with Crippen LogP contribution in [0.2, 0.25) is 0 Å². The van der Waals surface area contributed by atoms with Gasteiger partial charge in [-0.15, -0.1) is 0 Å². The molecule has 0 unspecified atom stereocenters. The lowest BCUT2D eigenvalue weighted by Gasteiger charge is -2.29. The Morgan fingerprint density at radius 3 is 2.58 bits per heavy atom. The van der Waals surface area contributed by atoms with E-state index in [1.54, 1.807) is 23.0 Å². The Balaban J connectivity index is 1.92. The van der Waals surface area contributed by atoms with Crippen LogP contribution in [0.4, 0.5) is 5.69 Å². The van der Waals surface area contributed by atoms with Crippen LogP contribution in [0.3, 0.4) is 0 Å². The molecule has 1 aliphatic carbocycles. The van der Waals surface area contributed by atoms with Gasteiger partial charge < -0.3 is 15.1 Å². The highest BCUT2D eigenvalue weighted by Crippen LogP contribution is 2.34. The van der Waals surface area contributed by atoms with Crippen LogP contribution in [0.1, 0.15) is 48.4 Å². The number of benzene rings is 2. The van der Waals surface area contributed by atoms with E-state index in [-0.39, 0.29) is 17.4 Å². The van der Waals surface area contributed by atoms with E-state index in [0.29, 0.717) is 23.7 Å². The van der Waals surface area contributed by atoms with Crippen molar-refractivity contribution in [2.24, 2.45) is 0 Å². The van der Waals surface area contributed by atoms with E-state index in [4.69, 9.17) is 0 Å². The van der Waals surface area contributed by atoms with Crippen molar-refractivity contribution in [3.05, 3.63) is 70.3 Å². The number of hydrogen-bond donors (Lipinski definition) is 2. The number of rotatable bonds is 5. The molecule has 4 rings (SSSR count). The van der Waals surface area contributed by atoms with Gasteiger partial charge in [-0.1, -0.05) is 37.6 Å². The Bertz CT molecular complexity index is 1170. The Morgan fingerprint density at radius 2 is 1.94 bits per heavy atom. The zero-order valence-corrected chi connectivity index (χ0v) is 18.1. The predicted octanol–water partition coefficient (Wildman–Crippen LogP) is 3.88. The normalized spacial score (nSPS) is 18.8. The second-order valence-corrected chi connectivity index (χ2v) is 8.51. The number of phenols is 1. The van der Waals surface area contributed by atoms with Crippen LogP contribution in [0.15, 0.2) is 48.0 Å². The van der Waals surface area contributed by atoms with Crippen molar-refractivity contribution in [3.63, 3.8) is 0 Å². The second-order valence-electron chi connectivity index (χ2n) is 8.51. The summed E-state index contributed by atoms with van der Waals surface area (Å²) >= 11 is 0. The average molecular weight is 420 g/mol. The number of nitrogens with zero attached hydrogens (tertiary/aromatic N) is 3. The largest absolute Gasteiger partial charge is 0.508 e. The van der Waals surface area contributed by atoms with Gasteiger partial charge in [0.1, 0.15) is 11.3 Å². The highest BCUT2D eigenvalue weighted by atomic mass is 16.3. The molecule has 1 heterocycles. The Morgan fingerprint density at radius 1 is 1.23 bits per heavy atom. The van der Waals surface area contributed by atoms with Crippen LogP contribution < -0.4 is 10.5 Å². The zero-order chi connectivity index (χ0) is 22.1. The molecule has 0 aliphatic heterocycles. The summed E-state index contributed by atoms with van der Waals surface area (Å²) in [5, 5.41) is 20.6. The monoisotopic (exact) mass is 419 g/mol. The van der Waals surface area contributed by atoms with E-state index in [2.05, 4.69) is 11.6 Å². The van der Waals surface area contributed by atoms with Gasteiger partial charge in [0.05, 0.1) is 29.5 Å². The minimum atomic E-state index is -0.525. The van der Waals surface area contributed by atoms with Gasteiger partial charge in [0, 0.05) is 19.7 Å². The topological polar surface area (TPSA) is 78.6 Å². The number of aliphatic hydroxyl groups excluding tert-OH is 1. The van der Waals surface area contributed by atoms with Gasteiger partial charge >= 0.3 is 0 Å². The summed E-state index contributed by atoms with van der Waals surface area (Å²) in [5.74, 6) is 0.221. The van der Waals surface area contributed by atoms with Crippen LogP contribution >= 0.6 is 0 Å². The molecule has 31 heavy (non-hydrogen) atoms. The van der Waals surface area contributed by atoms with Gasteiger partial charge in [0.15, 0.2) is 0 Å². The van der Waals surface area contributed by atoms with Crippen molar-refractivity contribution < 1.29 is 10.2 Å². The number of anilines is 1. The maximum atomic E-state index is 13.5. The van der Waals surface area contributed by atoms with Crippen molar-refractivity contribution >= 4 is 22.7 Å². The lowest BCUT2D eigenvalue weighted by Crippen LogP contribution is -2.35. The van der Waals surface area contributed by atoms with Gasteiger partial charge in [-0.25, -0.2) is 4.98 Å². The van der Waals surface area contributed by atoms with E-state index >= 15 is 0 Å². The number of aliphatic hydroxyl groups is 1. The Hall–Kier alpha value is -3.12. The molecule has 2 atom stereocenters. The first-order valence-electron chi connectivity index (χ1n) is 10.7. The molecule has 3 aromatic rings. The molecule has 6 nitrogen and oxygen atoms in total. The fourth-order valence-corrected chi connectivity index (χ4v) is 4.65. The molecule has 2 N–H and O–H groups in total. The van der Waals surface area contributed by atoms with E-state index in [1.807, 2.05) is 43.3 Å². The summed E-state index contributed by atoms with van der Waals surface area (Å²) in [4.78, 5) is 20.2. The van der Waals surface area contributed by atoms with E-state index < -0.39 is 6.10 Å². The molecule has 1 saturated carbocycles. The lowest BCUT2D eigenvalue weighted by atomic mass is 9.92. The van der Waals surface area contributed by atoms with Crippen molar-refractivity contribution in [3.8, 4) is 5.75 Å². The summed E-state index contributed by atoms with van der Waals surface area (Å²) in [6, 6.07) is 8.75. The summed E-state index contributed by atoms with van der Waals surface area (Å²) in [5.41, 5.74) is 4.31. The fourth-order valence-electron chi connectivity index (χ4n) is 4.65. The smallest absolute Gasteiger partial charge is 0.261 e. The molecule has 162 valence electrons. The minimum absolute atomic E-state index is 0.124. The summed E-state index contributed by atoms with van der Waals surface area (Å²) in [6.45, 7) is 4.01. The third-order valence-electron chi connectivity index (χ3n) is 6.21. The molecule has 0 spiro atoms. The molecular weight excluding hydrogens is 390 g/mol. The first-order chi connectivity index (χ1) is 14.9. The Kier molecular flexibility index (Phi) is 5.83. The fraction of sp³-hybridized carbons (Fsp3) is 0.360. The Labute approximate surface area is 182 Å². The number of aromatic hydroxyl groups is 1. The van der Waals surface area contributed by atoms with Gasteiger partial charge in [-0.2, -0.15) is 0 Å². The van der Waals surface area contributed by atoms with Crippen LogP contribution in [-0.2, 0) is 6.42 Å². The quantitative estimate of drug-likeness (QED) is 0.656. The number of fused-ring (bicyclic) bond motifs is 1. The lowest BCUT2D eigenvalue weighted by molar-refractivity contribution is 0.0735. The van der Waals surface area contributed by atoms with Gasteiger partial charge in [0.25, 0.3) is 5.56 Å². The first kappa shape index (κ1) is 21.1.